The maximum absolute atomic E-state index is 14.0. The minimum absolute atomic E-state index is 0.0515. The highest BCUT2D eigenvalue weighted by atomic mass is 35.5. The number of nitrogens with one attached hydrogen (secondary N) is 3. The summed E-state index contributed by atoms with van der Waals surface area (Å²) in [4.78, 5) is 0.452. The second-order valence-electron chi connectivity index (χ2n) is 11.6. The molecule has 1 aliphatic carbocycles. The zero-order valence-electron chi connectivity index (χ0n) is 26.7. The molecule has 0 spiro atoms. The van der Waals surface area contributed by atoms with E-state index in [0.29, 0.717) is 0 Å². The van der Waals surface area contributed by atoms with Crippen LogP contribution < -0.4 is 25.9 Å². The van der Waals surface area contributed by atoms with Crippen LogP contribution in [0.15, 0.2) is 95.6 Å². The van der Waals surface area contributed by atoms with Crippen molar-refractivity contribution in [1.82, 2.24) is 4.98 Å². The number of hydrogen-bond donors (Lipinski definition) is 6. The minimum Gasteiger partial charge on any atom is -0.450 e. The van der Waals surface area contributed by atoms with Gasteiger partial charge in [-0.05, 0) is 55.5 Å². The van der Waals surface area contributed by atoms with E-state index in [1.807, 2.05) is 0 Å². The average Bonchev–Trinajstić information content (AvgIpc) is 3.08. The normalized spacial score (nSPS) is 13.2. The number of anilines is 4. The van der Waals surface area contributed by atoms with Gasteiger partial charge in [0.15, 0.2) is 32.6 Å². The van der Waals surface area contributed by atoms with Crippen molar-refractivity contribution in [1.29, 1.82) is 5.41 Å². The van der Waals surface area contributed by atoms with Crippen LogP contribution in [0.25, 0.3) is 22.6 Å². The fraction of sp³-hybridized carbons (Fsp3) is 0.0323. The second kappa shape index (κ2) is 12.5. The highest BCUT2D eigenvalue weighted by molar-refractivity contribution is 7.93. The summed E-state index contributed by atoms with van der Waals surface area (Å²) in [5.41, 5.74) is 4.41. The van der Waals surface area contributed by atoms with E-state index in [0.717, 1.165) is 29.8 Å². The second-order valence-corrected chi connectivity index (χ2v) is 18.7. The number of halogens is 2. The molecular formula is C31H21Cl2N5O12S4. The van der Waals surface area contributed by atoms with Crippen molar-refractivity contribution in [3.8, 4) is 23.0 Å². The molecule has 0 bridgehead atoms. The Kier molecular flexibility index (Phi) is 8.66. The van der Waals surface area contributed by atoms with E-state index in [2.05, 4.69) is 15.0 Å². The zero-order valence-corrected chi connectivity index (χ0v) is 31.5. The zero-order chi connectivity index (χ0) is 39.3. The van der Waals surface area contributed by atoms with E-state index in [9.17, 15) is 42.8 Å². The van der Waals surface area contributed by atoms with Crippen LogP contribution in [0, 0.1) is 12.3 Å². The van der Waals surface area contributed by atoms with E-state index in [4.69, 9.17) is 43.5 Å². The molecule has 0 radical (unpaired) electrons. The van der Waals surface area contributed by atoms with Gasteiger partial charge in [-0.1, -0.05) is 47.0 Å². The standard InChI is InChI=1S/C31H21Cl2N5O12S4/c1-13-5-7-15(8-6-13)52(41,42)38-14-3-2-4-16(11-14)51(39,40)20-12-19-27(31(23(20)35)54(46,47)48)50-29-21(32)24-28(22(33)25(29)37-19)49-26-18(36-24)10-9-17(34)30(26)53(43,44)45/h2-12,35-36,38H,34H2,1H3,(H,43,44,45)(H,46,47,48). The van der Waals surface area contributed by atoms with Gasteiger partial charge < -0.3 is 20.2 Å². The monoisotopic (exact) mass is 853 g/mol. The molecule has 0 saturated heterocycles. The summed E-state index contributed by atoms with van der Waals surface area (Å²) in [6.45, 7) is 1.76. The Morgan fingerprint density at radius 1 is 0.833 bits per heavy atom. The van der Waals surface area contributed by atoms with Crippen molar-refractivity contribution in [2.24, 2.45) is 0 Å². The van der Waals surface area contributed by atoms with Crippen molar-refractivity contribution < 1.29 is 51.9 Å². The smallest absolute Gasteiger partial charge is 0.300 e. The van der Waals surface area contributed by atoms with Crippen LogP contribution >= 0.6 is 23.2 Å². The molecule has 4 aromatic rings. The van der Waals surface area contributed by atoms with Crippen LogP contribution in [0.1, 0.15) is 5.56 Å². The van der Waals surface area contributed by atoms with Gasteiger partial charge in [-0.3, -0.25) is 19.2 Å². The molecule has 23 heteroatoms. The molecule has 0 fully saturated rings. The number of nitrogen functional groups attached to an aromatic ring is 1. The molecule has 3 aliphatic rings. The number of nitrogens with two attached hydrogens (primary N) is 1. The number of aromatic nitrogens is 1. The molecule has 2 heterocycles. The first kappa shape index (κ1) is 37.3. The molecule has 54 heavy (non-hydrogen) atoms. The lowest BCUT2D eigenvalue weighted by Gasteiger charge is -2.26. The topological polar surface area (TPSA) is 286 Å². The number of hydrogen-bond acceptors (Lipinski definition) is 14. The minimum atomic E-state index is -5.45. The van der Waals surface area contributed by atoms with E-state index in [1.54, 1.807) is 19.1 Å². The lowest BCUT2D eigenvalue weighted by molar-refractivity contribution is 0.449. The van der Waals surface area contributed by atoms with E-state index in [1.165, 1.54) is 30.3 Å². The summed E-state index contributed by atoms with van der Waals surface area (Å²) < 4.78 is 138. The third-order valence-corrected chi connectivity index (χ3v) is 13.8. The van der Waals surface area contributed by atoms with Gasteiger partial charge in [0.2, 0.25) is 9.84 Å². The van der Waals surface area contributed by atoms with Gasteiger partial charge in [0.1, 0.15) is 31.8 Å². The molecule has 0 unspecified atom stereocenters. The number of sulfonamides is 1. The molecule has 17 nitrogen and oxygen atoms in total. The summed E-state index contributed by atoms with van der Waals surface area (Å²) in [5, 5.41) is 9.39. The van der Waals surface area contributed by atoms with Crippen molar-refractivity contribution in [2.75, 3.05) is 15.8 Å². The Labute approximate surface area is 315 Å². The molecule has 7 rings (SSSR count). The van der Waals surface area contributed by atoms with Gasteiger partial charge in [-0.25, -0.2) is 21.8 Å². The lowest BCUT2D eigenvalue weighted by atomic mass is 10.1. The fourth-order valence-electron chi connectivity index (χ4n) is 5.57. The number of fused-ring (bicyclic) bond motifs is 4. The number of sulfone groups is 1. The van der Waals surface area contributed by atoms with Crippen molar-refractivity contribution >= 4 is 97.1 Å². The van der Waals surface area contributed by atoms with Crippen LogP contribution in [0.2, 0.25) is 10.0 Å². The van der Waals surface area contributed by atoms with Gasteiger partial charge in [0, 0.05) is 0 Å². The molecule has 280 valence electrons. The van der Waals surface area contributed by atoms with Gasteiger partial charge in [0.25, 0.3) is 20.1 Å². The van der Waals surface area contributed by atoms with Crippen molar-refractivity contribution in [3.63, 3.8) is 0 Å². The molecule has 0 aromatic heterocycles. The van der Waals surface area contributed by atoms with Gasteiger partial charge in [-0.15, -0.1) is 0 Å². The van der Waals surface area contributed by atoms with Gasteiger partial charge in [-0.2, -0.15) is 16.8 Å². The summed E-state index contributed by atoms with van der Waals surface area (Å²) in [6, 6.07) is 13.5. The maximum Gasteiger partial charge on any atom is 0.300 e. The summed E-state index contributed by atoms with van der Waals surface area (Å²) in [7, 11) is -19.5. The van der Waals surface area contributed by atoms with Crippen LogP contribution in [0.3, 0.4) is 0 Å². The first-order valence-electron chi connectivity index (χ1n) is 14.7. The van der Waals surface area contributed by atoms with Gasteiger partial charge >= 0.3 is 10.1 Å². The number of rotatable bonds is 7. The molecule has 4 aromatic carbocycles. The largest absolute Gasteiger partial charge is 0.450 e. The average molecular weight is 855 g/mol. The highest BCUT2D eigenvalue weighted by Gasteiger charge is 2.36. The number of nitrogens with zero attached hydrogens (tertiary/aromatic N) is 1. The predicted octanol–water partition coefficient (Wildman–Crippen LogP) is 5.59. The number of benzene rings is 5. The number of ether oxygens (including phenoxy) is 1. The van der Waals surface area contributed by atoms with Crippen LogP contribution in [-0.2, 0) is 40.1 Å². The summed E-state index contributed by atoms with van der Waals surface area (Å²) >= 11 is 13.3. The number of aryl methyl sites for hydroxylation is 1. The predicted molar refractivity (Wildman–Crippen MR) is 194 cm³/mol. The molecular weight excluding hydrogens is 834 g/mol. The summed E-state index contributed by atoms with van der Waals surface area (Å²) in [6.07, 6.45) is 0. The lowest BCUT2D eigenvalue weighted by Crippen LogP contribution is -2.24. The van der Waals surface area contributed by atoms with Crippen LogP contribution in [0.5, 0.6) is 11.5 Å². The van der Waals surface area contributed by atoms with E-state index < -0.39 is 92.8 Å². The first-order chi connectivity index (χ1) is 25.1. The Morgan fingerprint density at radius 2 is 1.50 bits per heavy atom. The Balaban J connectivity index is 1.41. The maximum atomic E-state index is 14.0. The molecule has 0 saturated carbocycles. The fourth-order valence-corrected chi connectivity index (χ4v) is 10.1. The highest BCUT2D eigenvalue weighted by Crippen LogP contribution is 2.55. The molecule has 0 amide bonds. The Hall–Kier alpha value is -5.00. The third-order valence-electron chi connectivity index (χ3n) is 8.02. The van der Waals surface area contributed by atoms with Crippen molar-refractivity contribution in [3.05, 3.63) is 87.7 Å². The molecule has 7 N–H and O–H groups in total. The van der Waals surface area contributed by atoms with E-state index >= 15 is 0 Å². The van der Waals surface area contributed by atoms with Crippen LogP contribution in [0.4, 0.5) is 22.7 Å². The Bertz CT molecular complexity index is 3120. The third kappa shape index (κ3) is 6.17. The first-order valence-corrected chi connectivity index (χ1v) is 21.3. The molecule has 0 atom stereocenters. The quantitative estimate of drug-likeness (QED) is 0.0648. The SMILES string of the molecule is Cc1ccc(S(=O)(=O)Nc2cccc(S(=O)(=O)c3cc4nc5c(Cl)c6c(c(Cl)c5oc-4c(S(=O)(=O)O)c3=N)Nc3ccc(N)c(S(=O)(=O)O)c3O6)c2)cc1. The van der Waals surface area contributed by atoms with Crippen LogP contribution in [-0.4, -0.2) is 47.8 Å². The molecule has 2 aliphatic heterocycles. The van der Waals surface area contributed by atoms with Crippen molar-refractivity contribution in [2.45, 2.75) is 31.4 Å². The summed E-state index contributed by atoms with van der Waals surface area (Å²) in [5.74, 6) is -1.63. The van der Waals surface area contributed by atoms with Gasteiger partial charge in [0.05, 0.1) is 32.2 Å². The van der Waals surface area contributed by atoms with E-state index in [-0.39, 0.29) is 43.9 Å². The Morgan fingerprint density at radius 3 is 2.15 bits per heavy atom.